The summed E-state index contributed by atoms with van der Waals surface area (Å²) in [5.41, 5.74) is 1.02. The Labute approximate surface area is 132 Å². The summed E-state index contributed by atoms with van der Waals surface area (Å²) < 4.78 is 22.7. The molecule has 4 nitrogen and oxygen atoms in total. The Kier molecular flexibility index (Phi) is 4.02. The molecule has 1 amide bonds. The molecule has 1 saturated carbocycles. The van der Waals surface area contributed by atoms with Gasteiger partial charge in [-0.2, -0.15) is 0 Å². The second kappa shape index (κ2) is 5.69. The van der Waals surface area contributed by atoms with E-state index in [1.165, 1.54) is 18.2 Å². The number of benzene rings is 1. The molecule has 0 unspecified atom stereocenters. The molecule has 2 fully saturated rings. The first kappa shape index (κ1) is 15.5. The molecule has 0 bridgehead atoms. The normalized spacial score (nSPS) is 27.9. The second-order valence-electron chi connectivity index (χ2n) is 6.62. The molecule has 1 heterocycles. The van der Waals surface area contributed by atoms with Gasteiger partial charge in [0.1, 0.15) is 9.84 Å². The highest BCUT2D eigenvalue weighted by atomic mass is 32.2. The lowest BCUT2D eigenvalue weighted by molar-refractivity contribution is -0.166. The SMILES string of the molecule is CS(=O)(=O)CCC(=O)N1C[C@@H]2CCCC[C@]21c1ccccc1. The molecule has 2 aliphatic rings. The Morgan fingerprint density at radius 2 is 2.00 bits per heavy atom. The number of carbonyl (C=O) groups excluding carboxylic acids is 1. The standard InChI is InChI=1S/C17H23NO3S/c1-22(20,21)12-10-16(19)18-13-15-9-5-6-11-17(15,18)14-7-3-2-4-8-14/h2-4,7-8,15H,5-6,9-13H2,1H3/t15-,17-/m0/s1. The van der Waals surface area contributed by atoms with E-state index in [0.717, 1.165) is 25.8 Å². The Morgan fingerprint density at radius 1 is 1.27 bits per heavy atom. The van der Waals surface area contributed by atoms with Crippen molar-refractivity contribution in [1.82, 2.24) is 4.90 Å². The van der Waals surface area contributed by atoms with E-state index in [-0.39, 0.29) is 23.6 Å². The molecule has 1 aromatic rings. The zero-order valence-electron chi connectivity index (χ0n) is 13.0. The second-order valence-corrected chi connectivity index (χ2v) is 8.88. The Morgan fingerprint density at radius 3 is 2.64 bits per heavy atom. The highest BCUT2D eigenvalue weighted by molar-refractivity contribution is 7.90. The molecule has 22 heavy (non-hydrogen) atoms. The Balaban J connectivity index is 1.84. The van der Waals surface area contributed by atoms with Crippen LogP contribution in [0.4, 0.5) is 0 Å². The molecular weight excluding hydrogens is 298 g/mol. The van der Waals surface area contributed by atoms with Crippen LogP contribution in [-0.4, -0.2) is 37.8 Å². The van der Waals surface area contributed by atoms with E-state index in [1.807, 2.05) is 23.1 Å². The minimum Gasteiger partial charge on any atom is -0.332 e. The van der Waals surface area contributed by atoms with Crippen LogP contribution in [-0.2, 0) is 20.2 Å². The fourth-order valence-corrected chi connectivity index (χ4v) is 4.64. The summed E-state index contributed by atoms with van der Waals surface area (Å²) >= 11 is 0. The van der Waals surface area contributed by atoms with E-state index >= 15 is 0 Å². The lowest BCUT2D eigenvalue weighted by atomic mass is 9.61. The monoisotopic (exact) mass is 321 g/mol. The molecule has 0 spiro atoms. The molecule has 5 heteroatoms. The minimum absolute atomic E-state index is 0.0209. The quantitative estimate of drug-likeness (QED) is 0.855. The van der Waals surface area contributed by atoms with E-state index in [1.54, 1.807) is 0 Å². The van der Waals surface area contributed by atoms with Crippen molar-refractivity contribution in [3.05, 3.63) is 35.9 Å². The zero-order valence-corrected chi connectivity index (χ0v) is 13.8. The van der Waals surface area contributed by atoms with E-state index in [0.29, 0.717) is 5.92 Å². The van der Waals surface area contributed by atoms with Gasteiger partial charge >= 0.3 is 0 Å². The van der Waals surface area contributed by atoms with Crippen molar-refractivity contribution in [1.29, 1.82) is 0 Å². The third-order valence-corrected chi connectivity index (χ3v) is 6.13. The van der Waals surface area contributed by atoms with Gasteiger partial charge in [0.25, 0.3) is 0 Å². The van der Waals surface area contributed by atoms with Crippen LogP contribution in [0.5, 0.6) is 0 Å². The van der Waals surface area contributed by atoms with Crippen LogP contribution in [0.1, 0.15) is 37.7 Å². The van der Waals surface area contributed by atoms with Gasteiger partial charge in [-0.1, -0.05) is 43.2 Å². The summed E-state index contributed by atoms with van der Waals surface area (Å²) in [7, 11) is -3.10. The van der Waals surface area contributed by atoms with Crippen LogP contribution in [0.2, 0.25) is 0 Å². The highest BCUT2D eigenvalue weighted by Crippen LogP contribution is 2.53. The van der Waals surface area contributed by atoms with Crippen LogP contribution < -0.4 is 0 Å². The largest absolute Gasteiger partial charge is 0.332 e. The van der Waals surface area contributed by atoms with Crippen molar-refractivity contribution in [2.75, 3.05) is 18.6 Å². The van der Waals surface area contributed by atoms with Gasteiger partial charge < -0.3 is 4.90 Å². The Hall–Kier alpha value is -1.36. The number of sulfone groups is 1. The number of fused-ring (bicyclic) bond motifs is 1. The first-order chi connectivity index (χ1) is 10.4. The number of rotatable bonds is 4. The van der Waals surface area contributed by atoms with Gasteiger partial charge in [0.05, 0.1) is 11.3 Å². The molecule has 3 rings (SSSR count). The first-order valence-corrected chi connectivity index (χ1v) is 10.0. The summed E-state index contributed by atoms with van der Waals surface area (Å²) in [6.07, 6.45) is 5.79. The van der Waals surface area contributed by atoms with Gasteiger partial charge in [0, 0.05) is 25.1 Å². The van der Waals surface area contributed by atoms with Crippen molar-refractivity contribution in [2.45, 2.75) is 37.6 Å². The average Bonchev–Trinajstić information content (AvgIpc) is 2.47. The van der Waals surface area contributed by atoms with Crippen molar-refractivity contribution >= 4 is 15.7 Å². The fourth-order valence-electron chi connectivity index (χ4n) is 4.09. The summed E-state index contributed by atoms with van der Waals surface area (Å²) in [4.78, 5) is 14.5. The smallest absolute Gasteiger partial charge is 0.224 e. The summed E-state index contributed by atoms with van der Waals surface area (Å²) in [5, 5.41) is 0. The number of hydrogen-bond donors (Lipinski definition) is 0. The van der Waals surface area contributed by atoms with Gasteiger partial charge in [0.15, 0.2) is 0 Å². The zero-order chi connectivity index (χ0) is 15.8. The molecular formula is C17H23NO3S. The molecule has 1 aromatic carbocycles. The Bertz CT molecular complexity index is 656. The molecule has 1 aliphatic carbocycles. The third-order valence-electron chi connectivity index (χ3n) is 5.18. The van der Waals surface area contributed by atoms with Gasteiger partial charge in [-0.05, 0) is 18.4 Å². The summed E-state index contributed by atoms with van der Waals surface area (Å²) in [6.45, 7) is 0.775. The van der Waals surface area contributed by atoms with Crippen molar-refractivity contribution in [3.63, 3.8) is 0 Å². The van der Waals surface area contributed by atoms with Crippen LogP contribution in [0, 0.1) is 5.92 Å². The number of carbonyl (C=O) groups is 1. The molecule has 120 valence electrons. The van der Waals surface area contributed by atoms with Gasteiger partial charge in [0.2, 0.25) is 5.91 Å². The lowest BCUT2D eigenvalue weighted by Gasteiger charge is -2.61. The molecule has 0 N–H and O–H groups in total. The average molecular weight is 321 g/mol. The van der Waals surface area contributed by atoms with Crippen LogP contribution in [0.3, 0.4) is 0 Å². The van der Waals surface area contributed by atoms with E-state index in [9.17, 15) is 13.2 Å². The van der Waals surface area contributed by atoms with E-state index in [4.69, 9.17) is 0 Å². The van der Waals surface area contributed by atoms with E-state index in [2.05, 4.69) is 12.1 Å². The van der Waals surface area contributed by atoms with Gasteiger partial charge in [-0.25, -0.2) is 8.42 Å². The number of likely N-dealkylation sites (tertiary alicyclic amines) is 1. The van der Waals surface area contributed by atoms with Crippen LogP contribution in [0.25, 0.3) is 0 Å². The number of hydrogen-bond acceptors (Lipinski definition) is 3. The topological polar surface area (TPSA) is 54.5 Å². The van der Waals surface area contributed by atoms with Gasteiger partial charge in [-0.15, -0.1) is 0 Å². The van der Waals surface area contributed by atoms with Crippen molar-refractivity contribution < 1.29 is 13.2 Å². The molecule has 0 aromatic heterocycles. The molecule has 2 atom stereocenters. The predicted octanol–water partition coefficient (Wildman–Crippen LogP) is 2.35. The van der Waals surface area contributed by atoms with Crippen molar-refractivity contribution in [3.8, 4) is 0 Å². The van der Waals surface area contributed by atoms with E-state index < -0.39 is 9.84 Å². The van der Waals surface area contributed by atoms with Crippen molar-refractivity contribution in [2.24, 2.45) is 5.92 Å². The van der Waals surface area contributed by atoms with Gasteiger partial charge in [-0.3, -0.25) is 4.79 Å². The maximum absolute atomic E-state index is 12.6. The predicted molar refractivity (Wildman–Crippen MR) is 86.1 cm³/mol. The lowest BCUT2D eigenvalue weighted by Crippen LogP contribution is -2.67. The maximum atomic E-state index is 12.6. The highest BCUT2D eigenvalue weighted by Gasteiger charge is 2.56. The fraction of sp³-hybridized carbons (Fsp3) is 0.588. The molecule has 1 aliphatic heterocycles. The van der Waals surface area contributed by atoms with Crippen LogP contribution in [0.15, 0.2) is 30.3 Å². The maximum Gasteiger partial charge on any atom is 0.224 e. The minimum atomic E-state index is -3.10. The first-order valence-electron chi connectivity index (χ1n) is 7.97. The molecule has 0 radical (unpaired) electrons. The molecule has 1 saturated heterocycles. The third kappa shape index (κ3) is 2.67. The number of nitrogens with zero attached hydrogens (tertiary/aromatic N) is 1. The summed E-state index contributed by atoms with van der Waals surface area (Å²) in [6, 6.07) is 10.2. The van der Waals surface area contributed by atoms with Crippen LogP contribution >= 0.6 is 0 Å². The number of amides is 1. The summed E-state index contributed by atoms with van der Waals surface area (Å²) in [5.74, 6) is 0.441.